The van der Waals surface area contributed by atoms with Crippen molar-refractivity contribution in [3.8, 4) is 22.8 Å². The summed E-state index contributed by atoms with van der Waals surface area (Å²) in [6, 6.07) is 5.75. The number of carbonyl (C=O) groups is 1. The van der Waals surface area contributed by atoms with E-state index in [1.54, 1.807) is 37.9 Å². The molecule has 150 valence electrons. The van der Waals surface area contributed by atoms with E-state index >= 15 is 0 Å². The summed E-state index contributed by atoms with van der Waals surface area (Å²) < 4.78 is 1.95. The molecule has 0 bridgehead atoms. The van der Waals surface area contributed by atoms with E-state index in [1.165, 1.54) is 0 Å². The third-order valence-corrected chi connectivity index (χ3v) is 5.27. The van der Waals surface area contributed by atoms with Gasteiger partial charge in [-0.05, 0) is 18.2 Å². The summed E-state index contributed by atoms with van der Waals surface area (Å²) in [5.74, 6) is 1.55. The molecule has 1 aliphatic heterocycles. The summed E-state index contributed by atoms with van der Waals surface area (Å²) in [4.78, 5) is 38.0. The molecule has 5 heterocycles. The Morgan fingerprint density at radius 3 is 2.60 bits per heavy atom. The molecule has 0 saturated carbocycles. The van der Waals surface area contributed by atoms with Crippen LogP contribution in [-0.4, -0.2) is 66.3 Å². The van der Waals surface area contributed by atoms with Gasteiger partial charge in [0, 0.05) is 63.5 Å². The van der Waals surface area contributed by atoms with Gasteiger partial charge in [0.1, 0.15) is 11.5 Å². The van der Waals surface area contributed by atoms with Crippen molar-refractivity contribution in [3.63, 3.8) is 0 Å². The Labute approximate surface area is 173 Å². The molecule has 1 amide bonds. The van der Waals surface area contributed by atoms with Crippen LogP contribution >= 0.6 is 0 Å². The normalized spacial score (nSPS) is 14.3. The van der Waals surface area contributed by atoms with Crippen molar-refractivity contribution in [2.45, 2.75) is 6.92 Å². The molecule has 30 heavy (non-hydrogen) atoms. The minimum atomic E-state index is 0.113. The molecule has 0 aliphatic carbocycles. The minimum absolute atomic E-state index is 0.113. The zero-order chi connectivity index (χ0) is 20.5. The Bertz CT molecular complexity index is 1200. The van der Waals surface area contributed by atoms with Crippen molar-refractivity contribution in [1.29, 1.82) is 0 Å². The molecule has 9 heteroatoms. The highest BCUT2D eigenvalue weighted by Gasteiger charge is 2.20. The first-order valence-corrected chi connectivity index (χ1v) is 9.76. The quantitative estimate of drug-likeness (QED) is 0.519. The van der Waals surface area contributed by atoms with Gasteiger partial charge in [-0.25, -0.2) is 15.0 Å². The van der Waals surface area contributed by atoms with Gasteiger partial charge in [-0.1, -0.05) is 0 Å². The average Bonchev–Trinajstić information content (AvgIpc) is 3.23. The summed E-state index contributed by atoms with van der Waals surface area (Å²) in [7, 11) is 0. The summed E-state index contributed by atoms with van der Waals surface area (Å²) in [5.41, 5.74) is 3.24. The molecular weight excluding hydrogens is 380 g/mol. The molecule has 5 rings (SSSR count). The number of aromatic nitrogens is 6. The predicted molar refractivity (Wildman–Crippen MR) is 112 cm³/mol. The number of anilines is 1. The molecule has 9 nitrogen and oxygen atoms in total. The lowest BCUT2D eigenvalue weighted by Crippen LogP contribution is -2.48. The first kappa shape index (κ1) is 18.2. The van der Waals surface area contributed by atoms with Crippen molar-refractivity contribution in [2.75, 3.05) is 31.1 Å². The third kappa shape index (κ3) is 3.34. The fourth-order valence-electron chi connectivity index (χ4n) is 3.62. The van der Waals surface area contributed by atoms with Crippen molar-refractivity contribution >= 4 is 17.4 Å². The van der Waals surface area contributed by atoms with Gasteiger partial charge in [-0.2, -0.15) is 0 Å². The minimum Gasteiger partial charge on any atom is -0.353 e. The molecule has 4 aromatic rings. The predicted octanol–water partition coefficient (Wildman–Crippen LogP) is 1.92. The van der Waals surface area contributed by atoms with Crippen molar-refractivity contribution in [2.24, 2.45) is 0 Å². The van der Waals surface area contributed by atoms with Crippen LogP contribution in [0, 0.1) is 0 Å². The summed E-state index contributed by atoms with van der Waals surface area (Å²) >= 11 is 0. The van der Waals surface area contributed by atoms with Gasteiger partial charge in [0.2, 0.25) is 5.91 Å². The number of pyridine rings is 1. The van der Waals surface area contributed by atoms with Gasteiger partial charge >= 0.3 is 0 Å². The molecule has 0 aromatic carbocycles. The third-order valence-electron chi connectivity index (χ3n) is 5.27. The van der Waals surface area contributed by atoms with Crippen LogP contribution in [0.1, 0.15) is 6.92 Å². The van der Waals surface area contributed by atoms with E-state index in [4.69, 9.17) is 4.98 Å². The smallest absolute Gasteiger partial charge is 0.219 e. The zero-order valence-electron chi connectivity index (χ0n) is 16.5. The molecule has 0 spiro atoms. The van der Waals surface area contributed by atoms with E-state index in [0.717, 1.165) is 41.5 Å². The number of hydrogen-bond donors (Lipinski definition) is 0. The fraction of sp³-hybridized carbons (Fsp3) is 0.238. The second-order valence-electron chi connectivity index (χ2n) is 7.12. The lowest BCUT2D eigenvalue weighted by atomic mass is 10.2. The molecule has 0 radical (unpaired) electrons. The number of nitrogens with zero attached hydrogens (tertiary/aromatic N) is 8. The van der Waals surface area contributed by atoms with Crippen LogP contribution in [0.5, 0.6) is 0 Å². The molecular formula is C21H20N8O. The Hall–Kier alpha value is -3.88. The van der Waals surface area contributed by atoms with Crippen LogP contribution in [0.3, 0.4) is 0 Å². The summed E-state index contributed by atoms with van der Waals surface area (Å²) in [6.07, 6.45) is 10.7. The van der Waals surface area contributed by atoms with Crippen LogP contribution in [0.15, 0.2) is 55.4 Å². The van der Waals surface area contributed by atoms with E-state index in [2.05, 4.69) is 24.8 Å². The van der Waals surface area contributed by atoms with E-state index < -0.39 is 0 Å². The summed E-state index contributed by atoms with van der Waals surface area (Å²) in [5, 5.41) is 0. The molecule has 4 aromatic heterocycles. The number of fused-ring (bicyclic) bond motifs is 1. The number of piperazine rings is 1. The number of imidazole rings is 1. The number of amides is 1. The van der Waals surface area contributed by atoms with Crippen molar-refractivity contribution < 1.29 is 4.79 Å². The Morgan fingerprint density at radius 2 is 1.83 bits per heavy atom. The largest absolute Gasteiger partial charge is 0.353 e. The van der Waals surface area contributed by atoms with Crippen LogP contribution in [0.2, 0.25) is 0 Å². The number of rotatable bonds is 3. The Kier molecular flexibility index (Phi) is 4.55. The number of carbonyl (C=O) groups excluding carboxylic acids is 1. The standard InChI is InChI=1S/C21H20N8O/c1-15(30)27-7-9-28(10-8-27)19-4-6-23-21(26-19)18-12-25-20-13-24-17(14-29(18)20)16-3-2-5-22-11-16/h2-6,11-14H,7-10H2,1H3. The second-order valence-corrected chi connectivity index (χ2v) is 7.12. The Balaban J connectivity index is 1.47. The van der Waals surface area contributed by atoms with Gasteiger partial charge in [-0.3, -0.25) is 19.2 Å². The summed E-state index contributed by atoms with van der Waals surface area (Å²) in [6.45, 7) is 4.50. The highest BCUT2D eigenvalue weighted by atomic mass is 16.2. The molecule has 0 unspecified atom stereocenters. The molecule has 1 saturated heterocycles. The molecule has 0 N–H and O–H groups in total. The van der Waals surface area contributed by atoms with Gasteiger partial charge in [0.05, 0.1) is 18.1 Å². The maximum atomic E-state index is 11.6. The van der Waals surface area contributed by atoms with Gasteiger partial charge < -0.3 is 9.80 Å². The topological polar surface area (TPSA) is 92.4 Å². The highest BCUT2D eigenvalue weighted by Crippen LogP contribution is 2.23. The van der Waals surface area contributed by atoms with E-state index in [-0.39, 0.29) is 5.91 Å². The lowest BCUT2D eigenvalue weighted by molar-refractivity contribution is -0.129. The van der Waals surface area contributed by atoms with Crippen LogP contribution in [0.25, 0.3) is 28.4 Å². The lowest BCUT2D eigenvalue weighted by Gasteiger charge is -2.34. The molecule has 0 atom stereocenters. The monoisotopic (exact) mass is 400 g/mol. The Morgan fingerprint density at radius 1 is 0.967 bits per heavy atom. The molecule has 1 fully saturated rings. The maximum Gasteiger partial charge on any atom is 0.219 e. The van der Waals surface area contributed by atoms with Gasteiger partial charge in [0.15, 0.2) is 11.5 Å². The van der Waals surface area contributed by atoms with E-state index in [9.17, 15) is 4.79 Å². The van der Waals surface area contributed by atoms with Crippen LogP contribution < -0.4 is 4.90 Å². The fourth-order valence-corrected chi connectivity index (χ4v) is 3.62. The zero-order valence-corrected chi connectivity index (χ0v) is 16.5. The number of hydrogen-bond acceptors (Lipinski definition) is 7. The van der Waals surface area contributed by atoms with E-state index in [0.29, 0.717) is 18.9 Å². The first-order valence-electron chi connectivity index (χ1n) is 9.76. The van der Waals surface area contributed by atoms with Gasteiger partial charge in [-0.15, -0.1) is 0 Å². The maximum absolute atomic E-state index is 11.6. The SMILES string of the molecule is CC(=O)N1CCN(c2ccnc(-c3cnc4cnc(-c5cccnc5)cn34)n2)CC1. The van der Waals surface area contributed by atoms with Crippen molar-refractivity contribution in [1.82, 2.24) is 34.2 Å². The average molecular weight is 400 g/mol. The van der Waals surface area contributed by atoms with Crippen LogP contribution in [0.4, 0.5) is 5.82 Å². The van der Waals surface area contributed by atoms with E-state index in [1.807, 2.05) is 33.7 Å². The second kappa shape index (κ2) is 7.51. The van der Waals surface area contributed by atoms with Crippen molar-refractivity contribution in [3.05, 3.63) is 55.4 Å². The van der Waals surface area contributed by atoms with Gasteiger partial charge in [0.25, 0.3) is 0 Å². The molecule has 1 aliphatic rings. The highest BCUT2D eigenvalue weighted by molar-refractivity contribution is 5.73. The first-order chi connectivity index (χ1) is 14.7. The van der Waals surface area contributed by atoms with Crippen LogP contribution in [-0.2, 0) is 4.79 Å².